The van der Waals surface area contributed by atoms with E-state index in [0.717, 1.165) is 57.8 Å². The molecule has 6 aliphatic rings. The second-order valence-corrected chi connectivity index (χ2v) is 15.8. The molecule has 0 radical (unpaired) electrons. The largest absolute Gasteiger partial charge is 0.481 e. The van der Waals surface area contributed by atoms with Gasteiger partial charge in [-0.1, -0.05) is 38.5 Å². The first-order chi connectivity index (χ1) is 23.6. The van der Waals surface area contributed by atoms with E-state index in [9.17, 15) is 33.9 Å². The first-order valence-electron chi connectivity index (χ1n) is 19.1. The highest BCUT2D eigenvalue weighted by Crippen LogP contribution is 2.34. The van der Waals surface area contributed by atoms with Crippen LogP contribution in [0.4, 0.5) is 0 Å². The molecule has 6 saturated carbocycles. The fraction of sp³-hybridized carbons (Fsp3) is 0.833. The van der Waals surface area contributed by atoms with Crippen molar-refractivity contribution in [2.24, 2.45) is 41.2 Å². The number of rotatable bonds is 11. The Balaban J connectivity index is 0.991. The number of carboxylic acids is 1. The highest BCUT2D eigenvalue weighted by molar-refractivity contribution is 5.87. The molecule has 6 rings (SSSR count). The lowest BCUT2D eigenvalue weighted by Gasteiger charge is -2.29. The predicted octanol–water partition coefficient (Wildman–Crippen LogP) is 1.62. The van der Waals surface area contributed by atoms with Crippen molar-refractivity contribution in [2.45, 2.75) is 152 Å². The maximum atomic E-state index is 13.6. The molecule has 0 heterocycles. The van der Waals surface area contributed by atoms with E-state index >= 15 is 0 Å². The monoisotopic (exact) mass is 684 g/mol. The quantitative estimate of drug-likeness (QED) is 0.170. The van der Waals surface area contributed by atoms with E-state index in [1.165, 1.54) is 0 Å². The van der Waals surface area contributed by atoms with Gasteiger partial charge in [0.1, 0.15) is 0 Å². The summed E-state index contributed by atoms with van der Waals surface area (Å²) >= 11 is 0. The third-order valence-electron chi connectivity index (χ3n) is 12.8. The summed E-state index contributed by atoms with van der Waals surface area (Å²) in [6.07, 6.45) is 13.3. The van der Waals surface area contributed by atoms with Gasteiger partial charge in [-0.05, 0) is 77.0 Å². The van der Waals surface area contributed by atoms with Crippen LogP contribution in [-0.2, 0) is 28.8 Å². The molecule has 12 atom stereocenters. The Morgan fingerprint density at radius 3 is 0.898 bits per heavy atom. The summed E-state index contributed by atoms with van der Waals surface area (Å²) < 4.78 is 0. The number of aliphatic carboxylic acids is 1. The van der Waals surface area contributed by atoms with Crippen LogP contribution in [0.25, 0.3) is 0 Å². The Morgan fingerprint density at radius 2 is 0.612 bits per heavy atom. The smallest absolute Gasteiger partial charge is 0.308 e. The van der Waals surface area contributed by atoms with Crippen LogP contribution in [0.15, 0.2) is 0 Å². The van der Waals surface area contributed by atoms with Crippen molar-refractivity contribution in [1.29, 1.82) is 0 Å². The number of hydrogen-bond donors (Lipinski definition) is 7. The molecule has 0 bridgehead atoms. The molecule has 0 spiro atoms. The third-order valence-corrected chi connectivity index (χ3v) is 12.8. The van der Waals surface area contributed by atoms with Crippen LogP contribution in [0.1, 0.15) is 116 Å². The summed E-state index contributed by atoms with van der Waals surface area (Å²) in [7, 11) is 0. The molecule has 0 aromatic heterocycles. The molecule has 5 amide bonds. The molecular weight excluding hydrogens is 628 g/mol. The average Bonchev–Trinajstić information content (AvgIpc) is 3.89. The van der Waals surface area contributed by atoms with E-state index in [2.05, 4.69) is 26.6 Å². The zero-order valence-corrected chi connectivity index (χ0v) is 28.6. The van der Waals surface area contributed by atoms with Gasteiger partial charge in [0.2, 0.25) is 29.5 Å². The number of amides is 5. The van der Waals surface area contributed by atoms with Gasteiger partial charge in [0, 0.05) is 36.3 Å². The molecule has 272 valence electrons. The van der Waals surface area contributed by atoms with Crippen molar-refractivity contribution >= 4 is 35.5 Å². The van der Waals surface area contributed by atoms with E-state index in [4.69, 9.17) is 5.73 Å². The Labute approximate surface area is 288 Å². The topological polar surface area (TPSA) is 209 Å². The van der Waals surface area contributed by atoms with Crippen molar-refractivity contribution in [2.75, 3.05) is 0 Å². The van der Waals surface area contributed by atoms with Crippen molar-refractivity contribution < 1.29 is 33.9 Å². The normalized spacial score (nSPS) is 38.6. The molecule has 13 heteroatoms. The number of nitrogens with one attached hydrogen (secondary N) is 5. The molecule has 0 aromatic carbocycles. The molecule has 8 N–H and O–H groups in total. The summed E-state index contributed by atoms with van der Waals surface area (Å²) in [5.41, 5.74) is 6.14. The molecule has 0 aromatic rings. The molecule has 6 aliphatic carbocycles. The van der Waals surface area contributed by atoms with Crippen LogP contribution in [0.2, 0.25) is 0 Å². The van der Waals surface area contributed by atoms with Gasteiger partial charge < -0.3 is 37.4 Å². The molecule has 0 unspecified atom stereocenters. The van der Waals surface area contributed by atoms with E-state index in [1.54, 1.807) is 0 Å². The maximum absolute atomic E-state index is 13.6. The molecule has 0 aliphatic heterocycles. The van der Waals surface area contributed by atoms with Gasteiger partial charge in [-0.15, -0.1) is 0 Å². The van der Waals surface area contributed by atoms with Crippen molar-refractivity contribution in [1.82, 2.24) is 26.6 Å². The Morgan fingerprint density at radius 1 is 0.367 bits per heavy atom. The van der Waals surface area contributed by atoms with Crippen LogP contribution in [-0.4, -0.2) is 76.9 Å². The summed E-state index contributed by atoms with van der Waals surface area (Å²) in [6, 6.07) is -1.64. The highest BCUT2D eigenvalue weighted by atomic mass is 16.4. The van der Waals surface area contributed by atoms with Crippen LogP contribution in [0.5, 0.6) is 0 Å². The standard InChI is InChI=1S/C36H56N6O7/c37-25-13-1-7-19(25)31(43)38-26-14-2-8-20(26)32(44)39-27-15-3-9-21(27)33(45)40-28-16-4-10-22(28)34(46)41-29-17-5-11-23(29)35(47)42-30-18-6-12-24(30)36(48)49/h19-30H,1-18,37H2,(H,38,43)(H,39,44)(H,40,45)(H,41,46)(H,42,47)(H,48,49)/t19-,20-,21-,22-,23-,24-,25-,26-,27-,28-,29-,30-/m1/s1. The van der Waals surface area contributed by atoms with Gasteiger partial charge in [0.15, 0.2) is 0 Å². The van der Waals surface area contributed by atoms with E-state index in [1.807, 2.05) is 0 Å². The van der Waals surface area contributed by atoms with Gasteiger partial charge in [0.05, 0.1) is 35.5 Å². The lowest BCUT2D eigenvalue weighted by molar-refractivity contribution is -0.142. The third kappa shape index (κ3) is 8.07. The zero-order chi connectivity index (χ0) is 34.7. The SMILES string of the molecule is N[C@@H]1CCC[C@H]1C(=O)N[C@@H]1CCC[C@H]1C(=O)N[C@@H]1CCC[C@H]1C(=O)N[C@@H]1CCC[C@H]1C(=O)N[C@@H]1CCC[C@H]1C(=O)N[C@@H]1CCC[C@H]1C(=O)O. The van der Waals surface area contributed by atoms with Crippen LogP contribution >= 0.6 is 0 Å². The van der Waals surface area contributed by atoms with Gasteiger partial charge in [-0.3, -0.25) is 28.8 Å². The number of carbonyl (C=O) groups is 6. The van der Waals surface area contributed by atoms with Crippen LogP contribution in [0.3, 0.4) is 0 Å². The average molecular weight is 685 g/mol. The number of carboxylic acid groups (broad SMARTS) is 1. The first-order valence-corrected chi connectivity index (χ1v) is 19.1. The van der Waals surface area contributed by atoms with Gasteiger partial charge in [0.25, 0.3) is 0 Å². The number of hydrogen-bond acceptors (Lipinski definition) is 7. The lowest BCUT2D eigenvalue weighted by atomic mass is 9.95. The minimum atomic E-state index is -0.882. The van der Waals surface area contributed by atoms with Crippen molar-refractivity contribution in [3.63, 3.8) is 0 Å². The second-order valence-electron chi connectivity index (χ2n) is 15.8. The molecule has 6 fully saturated rings. The molecule has 49 heavy (non-hydrogen) atoms. The zero-order valence-electron chi connectivity index (χ0n) is 28.6. The summed E-state index contributed by atoms with van der Waals surface area (Å²) in [5, 5.41) is 25.1. The summed E-state index contributed by atoms with van der Waals surface area (Å²) in [5.74, 6) is -3.78. The first kappa shape index (κ1) is 35.6. The minimum absolute atomic E-state index is 0.0485. The van der Waals surface area contributed by atoms with Gasteiger partial charge in [-0.25, -0.2) is 0 Å². The highest BCUT2D eigenvalue weighted by Gasteiger charge is 2.44. The summed E-state index contributed by atoms with van der Waals surface area (Å²) in [6.45, 7) is 0. The predicted molar refractivity (Wildman–Crippen MR) is 179 cm³/mol. The second kappa shape index (κ2) is 15.8. The van der Waals surface area contributed by atoms with Crippen LogP contribution < -0.4 is 32.3 Å². The Kier molecular flexibility index (Phi) is 11.5. The Hall–Kier alpha value is -3.22. The fourth-order valence-electron chi connectivity index (χ4n) is 9.98. The van der Waals surface area contributed by atoms with Crippen LogP contribution in [0, 0.1) is 35.5 Å². The van der Waals surface area contributed by atoms with E-state index in [0.29, 0.717) is 57.8 Å². The molecular formula is C36H56N6O7. The minimum Gasteiger partial charge on any atom is -0.481 e. The number of carbonyl (C=O) groups excluding carboxylic acids is 5. The Bertz CT molecular complexity index is 1280. The lowest BCUT2D eigenvalue weighted by Crippen LogP contribution is -2.53. The van der Waals surface area contributed by atoms with Gasteiger partial charge >= 0.3 is 5.97 Å². The van der Waals surface area contributed by atoms with Crippen molar-refractivity contribution in [3.05, 3.63) is 0 Å². The molecule has 0 saturated heterocycles. The van der Waals surface area contributed by atoms with Gasteiger partial charge in [-0.2, -0.15) is 0 Å². The van der Waals surface area contributed by atoms with Crippen molar-refractivity contribution in [3.8, 4) is 0 Å². The van der Waals surface area contributed by atoms with E-state index in [-0.39, 0.29) is 83.5 Å². The maximum Gasteiger partial charge on any atom is 0.308 e. The summed E-state index contributed by atoms with van der Waals surface area (Å²) in [4.78, 5) is 78.4. The fourth-order valence-corrected chi connectivity index (χ4v) is 9.98. The number of nitrogens with two attached hydrogens (primary N) is 1. The molecule has 13 nitrogen and oxygen atoms in total. The van der Waals surface area contributed by atoms with E-state index < -0.39 is 23.7 Å².